The lowest BCUT2D eigenvalue weighted by molar-refractivity contribution is -0.383. The van der Waals surface area contributed by atoms with Crippen molar-refractivity contribution >= 4 is 23.3 Å². The molecule has 2 aromatic carbocycles. The molecule has 0 heterocycles. The van der Waals surface area contributed by atoms with Gasteiger partial charge in [-0.15, -0.1) is 0 Å². The van der Waals surface area contributed by atoms with Gasteiger partial charge < -0.3 is 15.5 Å². The molecule has 1 aliphatic carbocycles. The van der Waals surface area contributed by atoms with E-state index < -0.39 is 4.92 Å². The molecule has 1 saturated carbocycles. The Balaban J connectivity index is 1.73. The molecule has 8 nitrogen and oxygen atoms in total. The number of carbonyl (C=O) groups is 2. The van der Waals surface area contributed by atoms with E-state index in [2.05, 4.69) is 10.6 Å². The third-order valence-corrected chi connectivity index (χ3v) is 4.39. The molecule has 0 unspecified atom stereocenters. The highest BCUT2D eigenvalue weighted by Gasteiger charge is 2.33. The summed E-state index contributed by atoms with van der Waals surface area (Å²) < 4.78 is 0. The van der Waals surface area contributed by atoms with Gasteiger partial charge in [-0.05, 0) is 36.6 Å². The van der Waals surface area contributed by atoms with Gasteiger partial charge >= 0.3 is 6.03 Å². The van der Waals surface area contributed by atoms with Gasteiger partial charge in [0.15, 0.2) is 0 Å². The zero-order valence-corrected chi connectivity index (χ0v) is 14.8. The van der Waals surface area contributed by atoms with Crippen LogP contribution in [0.4, 0.5) is 16.2 Å². The van der Waals surface area contributed by atoms with Crippen LogP contribution in [0, 0.1) is 10.1 Å². The summed E-state index contributed by atoms with van der Waals surface area (Å²) in [4.78, 5) is 36.6. The molecular weight excluding hydrogens is 348 g/mol. The molecule has 3 amide bonds. The predicted octanol–water partition coefficient (Wildman–Crippen LogP) is 3.15. The maximum absolute atomic E-state index is 12.7. The molecule has 1 aliphatic rings. The van der Waals surface area contributed by atoms with Gasteiger partial charge in [0.25, 0.3) is 11.6 Å². The van der Waals surface area contributed by atoms with Crippen molar-refractivity contribution in [2.45, 2.75) is 25.4 Å². The average Bonchev–Trinajstić information content (AvgIpc) is 3.51. The van der Waals surface area contributed by atoms with Gasteiger partial charge in [-0.1, -0.05) is 24.3 Å². The van der Waals surface area contributed by atoms with Gasteiger partial charge in [0.1, 0.15) is 5.69 Å². The number of nitro groups is 1. The van der Waals surface area contributed by atoms with Gasteiger partial charge in [-0.3, -0.25) is 14.9 Å². The van der Waals surface area contributed by atoms with E-state index in [4.69, 9.17) is 0 Å². The van der Waals surface area contributed by atoms with Crippen molar-refractivity contribution in [3.63, 3.8) is 0 Å². The van der Waals surface area contributed by atoms with Gasteiger partial charge in [-0.2, -0.15) is 0 Å². The Morgan fingerprint density at radius 1 is 1.15 bits per heavy atom. The van der Waals surface area contributed by atoms with Crippen molar-refractivity contribution in [2.24, 2.45) is 0 Å². The fourth-order valence-corrected chi connectivity index (χ4v) is 2.78. The van der Waals surface area contributed by atoms with E-state index in [-0.39, 0.29) is 29.4 Å². The van der Waals surface area contributed by atoms with E-state index in [0.29, 0.717) is 12.1 Å². The van der Waals surface area contributed by atoms with Crippen LogP contribution < -0.4 is 10.6 Å². The molecular formula is C19H20N4O4. The maximum atomic E-state index is 12.7. The van der Waals surface area contributed by atoms with E-state index in [9.17, 15) is 19.7 Å². The first kappa shape index (κ1) is 18.4. The minimum absolute atomic E-state index is 0.117. The number of hydrogen-bond acceptors (Lipinski definition) is 4. The van der Waals surface area contributed by atoms with Gasteiger partial charge in [-0.25, -0.2) is 4.79 Å². The van der Waals surface area contributed by atoms with Crippen molar-refractivity contribution in [3.8, 4) is 0 Å². The third kappa shape index (κ3) is 4.41. The Kier molecular flexibility index (Phi) is 5.35. The molecule has 3 rings (SSSR count). The molecule has 0 saturated heterocycles. The first-order chi connectivity index (χ1) is 13.0. The van der Waals surface area contributed by atoms with Crippen LogP contribution in [0.15, 0.2) is 48.5 Å². The number of benzene rings is 2. The smallest absolute Gasteiger partial charge is 0.322 e. The van der Waals surface area contributed by atoms with E-state index in [0.717, 1.165) is 18.4 Å². The van der Waals surface area contributed by atoms with Gasteiger partial charge in [0.2, 0.25) is 0 Å². The minimum atomic E-state index is -0.519. The molecule has 140 valence electrons. The Labute approximate surface area is 156 Å². The Morgan fingerprint density at radius 2 is 1.81 bits per heavy atom. The second kappa shape index (κ2) is 7.86. The quantitative estimate of drug-likeness (QED) is 0.603. The highest BCUT2D eigenvalue weighted by Crippen LogP contribution is 2.30. The average molecular weight is 368 g/mol. The van der Waals surface area contributed by atoms with Crippen molar-refractivity contribution in [3.05, 3.63) is 69.8 Å². The predicted molar refractivity (Wildman–Crippen MR) is 101 cm³/mol. The van der Waals surface area contributed by atoms with Crippen molar-refractivity contribution < 1.29 is 14.5 Å². The number of hydrogen-bond donors (Lipinski definition) is 2. The summed E-state index contributed by atoms with van der Waals surface area (Å²) in [5.41, 5.74) is 1.46. The second-order valence-corrected chi connectivity index (χ2v) is 6.34. The van der Waals surface area contributed by atoms with Gasteiger partial charge in [0, 0.05) is 31.3 Å². The van der Waals surface area contributed by atoms with Crippen LogP contribution in [0.1, 0.15) is 28.8 Å². The molecule has 0 aliphatic heterocycles. The summed E-state index contributed by atoms with van der Waals surface area (Å²) in [5.74, 6) is -0.172. The van der Waals surface area contributed by atoms with E-state index in [1.165, 1.54) is 12.1 Å². The molecule has 0 atom stereocenters. The first-order valence-corrected chi connectivity index (χ1v) is 8.61. The first-order valence-electron chi connectivity index (χ1n) is 8.61. The van der Waals surface area contributed by atoms with Crippen LogP contribution in [-0.2, 0) is 6.54 Å². The zero-order chi connectivity index (χ0) is 19.4. The SMILES string of the molecule is CNC(=O)c1ccc(CN(C(=O)Nc2ccccc2[N+](=O)[O-])C2CC2)cc1. The number of carbonyl (C=O) groups excluding carboxylic acids is 2. The van der Waals surface area contributed by atoms with Crippen LogP contribution in [0.2, 0.25) is 0 Å². The van der Waals surface area contributed by atoms with Crippen LogP contribution in [-0.4, -0.2) is 34.9 Å². The normalized spacial score (nSPS) is 12.9. The Morgan fingerprint density at radius 3 is 2.41 bits per heavy atom. The van der Waals surface area contributed by atoms with Crippen molar-refractivity contribution in [2.75, 3.05) is 12.4 Å². The number of amides is 3. The van der Waals surface area contributed by atoms with E-state index in [1.54, 1.807) is 48.3 Å². The number of anilines is 1. The molecule has 0 radical (unpaired) electrons. The third-order valence-electron chi connectivity index (χ3n) is 4.39. The molecule has 0 aromatic heterocycles. The van der Waals surface area contributed by atoms with Crippen LogP contribution in [0.3, 0.4) is 0 Å². The lowest BCUT2D eigenvalue weighted by atomic mass is 10.1. The number of para-hydroxylation sites is 2. The molecule has 27 heavy (non-hydrogen) atoms. The lowest BCUT2D eigenvalue weighted by Gasteiger charge is -2.23. The summed E-state index contributed by atoms with van der Waals surface area (Å²) in [6, 6.07) is 12.8. The minimum Gasteiger partial charge on any atom is -0.355 e. The summed E-state index contributed by atoms with van der Waals surface area (Å²) in [6.45, 7) is 0.366. The summed E-state index contributed by atoms with van der Waals surface area (Å²) in [5, 5.41) is 16.3. The van der Waals surface area contributed by atoms with E-state index >= 15 is 0 Å². The molecule has 8 heteroatoms. The fraction of sp³-hybridized carbons (Fsp3) is 0.263. The van der Waals surface area contributed by atoms with Crippen molar-refractivity contribution in [1.29, 1.82) is 0 Å². The zero-order valence-electron chi connectivity index (χ0n) is 14.8. The highest BCUT2D eigenvalue weighted by molar-refractivity contribution is 5.94. The standard InChI is InChI=1S/C19H20N4O4/c1-20-18(24)14-8-6-13(7-9-14)12-22(15-10-11-15)19(25)21-16-4-2-3-5-17(16)23(26)27/h2-9,15H,10-12H2,1H3,(H,20,24)(H,21,25). The lowest BCUT2D eigenvalue weighted by Crippen LogP contribution is -2.36. The van der Waals surface area contributed by atoms with Crippen LogP contribution in [0.5, 0.6) is 0 Å². The van der Waals surface area contributed by atoms with E-state index in [1.807, 2.05) is 0 Å². The summed E-state index contributed by atoms with van der Waals surface area (Å²) >= 11 is 0. The Hall–Kier alpha value is -3.42. The molecule has 2 aromatic rings. The van der Waals surface area contributed by atoms with Gasteiger partial charge in [0.05, 0.1) is 4.92 Å². The Bertz CT molecular complexity index is 862. The molecule has 0 bridgehead atoms. The molecule has 0 spiro atoms. The number of nitrogens with zero attached hydrogens (tertiary/aromatic N) is 2. The summed E-state index contributed by atoms with van der Waals surface area (Å²) in [7, 11) is 1.57. The number of urea groups is 1. The fourth-order valence-electron chi connectivity index (χ4n) is 2.78. The number of nitro benzene ring substituents is 1. The molecule has 1 fully saturated rings. The highest BCUT2D eigenvalue weighted by atomic mass is 16.6. The molecule has 2 N–H and O–H groups in total. The van der Waals surface area contributed by atoms with Crippen molar-refractivity contribution in [1.82, 2.24) is 10.2 Å². The number of nitrogens with one attached hydrogen (secondary N) is 2. The topological polar surface area (TPSA) is 105 Å². The maximum Gasteiger partial charge on any atom is 0.322 e. The van der Waals surface area contributed by atoms with Crippen LogP contribution >= 0.6 is 0 Å². The van der Waals surface area contributed by atoms with Crippen LogP contribution in [0.25, 0.3) is 0 Å². The number of rotatable bonds is 6. The largest absolute Gasteiger partial charge is 0.355 e. The monoisotopic (exact) mass is 368 g/mol. The summed E-state index contributed by atoms with van der Waals surface area (Å²) in [6.07, 6.45) is 1.81. The second-order valence-electron chi connectivity index (χ2n) is 6.34.